The van der Waals surface area contributed by atoms with Gasteiger partial charge < -0.3 is 82.5 Å². The van der Waals surface area contributed by atoms with Gasteiger partial charge in [0.15, 0.2) is 35.6 Å². The Kier molecular flexibility index (Phi) is 49.2. The Morgan fingerprint density at radius 3 is 1.27 bits per heavy atom. The van der Waals surface area contributed by atoms with Gasteiger partial charge >= 0.3 is 35.9 Å². The second-order valence-corrected chi connectivity index (χ2v) is 32.5. The number of non-ortho nitro benzene ring substituents is 1. The molecule has 0 fully saturated rings. The number of aryl methyl sites for hydroxylation is 1. The molecule has 7 rings (SSSR count). The number of nitrogens with zero attached hydrogens (tertiary/aromatic N) is 1. The molecule has 0 spiro atoms. The van der Waals surface area contributed by atoms with E-state index >= 15 is 0 Å². The van der Waals surface area contributed by atoms with Crippen molar-refractivity contribution in [2.75, 3.05) is 19.6 Å². The Bertz CT molecular complexity index is 5320. The molecule has 0 aliphatic carbocycles. The molecule has 2 unspecified atom stereocenters. The van der Waals surface area contributed by atoms with Gasteiger partial charge in [-0.05, 0) is 129 Å². The van der Waals surface area contributed by atoms with E-state index in [4.69, 9.17) is 14.9 Å². The van der Waals surface area contributed by atoms with Crippen LogP contribution in [0.15, 0.2) is 194 Å². The molecule has 0 bridgehead atoms. The number of nitro groups is 1. The predicted octanol–water partition coefficient (Wildman–Crippen LogP) is 7.99. The fraction of sp³-hybridized carbons (Fsp3) is 0.374. The molecule has 0 heterocycles. The Balaban J connectivity index is 0.000000430. The summed E-state index contributed by atoms with van der Waals surface area (Å²) in [5, 5.41) is 70.6. The smallest absolute Gasteiger partial charge is 0.326 e. The minimum absolute atomic E-state index is 0.00443. The Morgan fingerprint density at radius 2 is 0.813 bits per heavy atom. The summed E-state index contributed by atoms with van der Waals surface area (Å²) in [5.41, 5.74) is 4.06. The van der Waals surface area contributed by atoms with Gasteiger partial charge in [-0.15, -0.1) is 0 Å². The van der Waals surface area contributed by atoms with Crippen molar-refractivity contribution in [2.24, 2.45) is 17.8 Å². The number of ketones is 6. The zero-order valence-corrected chi connectivity index (χ0v) is 76.2. The normalized spacial score (nSPS) is 12.9. The van der Waals surface area contributed by atoms with E-state index in [-0.39, 0.29) is 202 Å². The van der Waals surface area contributed by atoms with Crippen LogP contribution < -0.4 is 47.9 Å². The number of carboxylic acids is 4. The topological polar surface area (TPSA) is 601 Å². The molecule has 7 aromatic carbocycles. The average molecular weight is 1930 g/mol. The molecule has 0 aliphatic rings. The maximum Gasteiger partial charge on any atom is 0.326 e. The Hall–Kier alpha value is -15.9. The molecule has 40 heteroatoms. The van der Waals surface area contributed by atoms with Crippen LogP contribution in [0.5, 0.6) is 0 Å². The van der Waals surface area contributed by atoms with Crippen molar-refractivity contribution in [3.8, 4) is 0 Å². The van der Waals surface area contributed by atoms with Gasteiger partial charge in [-0.25, -0.2) is 23.6 Å². The first kappa shape index (κ1) is 112. The van der Waals surface area contributed by atoms with Crippen LogP contribution in [0.2, 0.25) is 0 Å². The van der Waals surface area contributed by atoms with E-state index < -0.39 is 173 Å². The monoisotopic (exact) mass is 1920 g/mol. The molecular formula is C99H113FN10O29. The molecule has 7 aromatic rings. The van der Waals surface area contributed by atoms with Gasteiger partial charge in [0.05, 0.1) is 36.4 Å². The number of carbonyl (C=O) groups is 20. The van der Waals surface area contributed by atoms with Gasteiger partial charge in [-0.1, -0.05) is 158 Å². The number of urea groups is 2. The highest BCUT2D eigenvalue weighted by Gasteiger charge is 2.35. The third-order valence-corrected chi connectivity index (χ3v) is 21.9. The highest BCUT2D eigenvalue weighted by Crippen LogP contribution is 2.25. The van der Waals surface area contributed by atoms with Crippen molar-refractivity contribution < 1.29 is 140 Å². The summed E-state index contributed by atoms with van der Waals surface area (Å²) in [6, 6.07) is 45.8. The molecule has 0 saturated carbocycles. The first-order valence-electron chi connectivity index (χ1n) is 44.7. The van der Waals surface area contributed by atoms with Gasteiger partial charge in [-0.3, -0.25) is 86.8 Å². The number of aliphatic carboxylic acids is 4. The van der Waals surface area contributed by atoms with Crippen LogP contribution in [-0.4, -0.2) is 207 Å². The van der Waals surface area contributed by atoms with E-state index in [9.17, 15) is 121 Å². The summed E-state index contributed by atoms with van der Waals surface area (Å²) in [6.07, 6.45) is -7.14. The van der Waals surface area contributed by atoms with E-state index in [0.717, 1.165) is 34.9 Å². The first-order valence-corrected chi connectivity index (χ1v) is 44.7. The van der Waals surface area contributed by atoms with E-state index in [1.807, 2.05) is 0 Å². The number of carbonyl (C=O) groups excluding carboxylic acids is 16. The van der Waals surface area contributed by atoms with E-state index in [2.05, 4.69) is 57.3 Å². The molecule has 740 valence electrons. The molecule has 0 aliphatic heterocycles. The Labute approximate surface area is 798 Å². The number of hydrogen-bond acceptors (Lipinski definition) is 25. The van der Waals surface area contributed by atoms with Gasteiger partial charge in [-0.2, -0.15) is 0 Å². The summed E-state index contributed by atoms with van der Waals surface area (Å²) >= 11 is 0. The molecule has 0 radical (unpaired) electrons. The number of rotatable bonds is 65. The lowest BCUT2D eigenvalue weighted by atomic mass is 9.89. The fourth-order valence-electron chi connectivity index (χ4n) is 14.4. The third kappa shape index (κ3) is 44.0. The van der Waals surface area contributed by atoms with E-state index in [0.29, 0.717) is 16.7 Å². The molecule has 10 atom stereocenters. The zero-order chi connectivity index (χ0) is 102. The van der Waals surface area contributed by atoms with Crippen molar-refractivity contribution in [1.82, 2.24) is 47.9 Å². The van der Waals surface area contributed by atoms with E-state index in [1.165, 1.54) is 24.3 Å². The molecule has 39 nitrogen and oxygen atoms in total. The van der Waals surface area contributed by atoms with Crippen LogP contribution in [0.25, 0.3) is 0 Å². The predicted molar refractivity (Wildman–Crippen MR) is 494 cm³/mol. The SMILES string of the molecule is Cc1ccc([N+](=O)[O-])cc1C(=O)N[C@@H](Cc1ccccc1)C(=O)C[C@@H](Cc1ccccc1)C(=O)NCC(=O)CCCNC(=O)[C@@H](CC(=O)CC[C@H](NC(=O)N[C@@H](CCC(=O)O)OC=O)C(=O)O)Cc1ccccc1.O=CO[C@@H](CCC(=O)NCCCC(=O)CC[C@H](NC(=O)N[C@@H](CCC(=O)O)OC=O)C(=O)O)CC(=O)C(Cc1ccccc1)NC(=O)C(CC(=O)c1ccc([18F])cc1)Cc1ccccc1. The summed E-state index contributed by atoms with van der Waals surface area (Å²) in [7, 11) is 0. The lowest BCUT2D eigenvalue weighted by Gasteiger charge is -2.24. The quantitative estimate of drug-likeness (QED) is 0.00326. The second kappa shape index (κ2) is 61.1. The maximum absolute atomic E-state index is 14.2. The van der Waals surface area contributed by atoms with Crippen molar-refractivity contribution in [3.05, 3.63) is 255 Å². The van der Waals surface area contributed by atoms with E-state index in [1.54, 1.807) is 159 Å². The highest BCUT2D eigenvalue weighted by molar-refractivity contribution is 6.01. The summed E-state index contributed by atoms with van der Waals surface area (Å²) in [4.78, 5) is 262. The Morgan fingerprint density at radius 1 is 0.396 bits per heavy atom. The van der Waals surface area contributed by atoms with Crippen LogP contribution in [0.1, 0.15) is 170 Å². The van der Waals surface area contributed by atoms with Gasteiger partial charge in [0.2, 0.25) is 23.6 Å². The highest BCUT2D eigenvalue weighted by atomic mass is 18.2. The lowest BCUT2D eigenvalue weighted by Crippen LogP contribution is -2.49. The van der Waals surface area contributed by atoms with Crippen molar-refractivity contribution >= 4 is 125 Å². The lowest BCUT2D eigenvalue weighted by molar-refractivity contribution is -0.384. The third-order valence-electron chi connectivity index (χ3n) is 21.9. The number of carboxylic acid groups (broad SMARTS) is 4. The van der Waals surface area contributed by atoms with Crippen molar-refractivity contribution in [2.45, 2.75) is 197 Å². The van der Waals surface area contributed by atoms with Crippen LogP contribution in [0.3, 0.4) is 0 Å². The number of nitro benzene ring substituents is 1. The molecular weight excluding hydrogens is 1810 g/mol. The number of nitrogens with one attached hydrogen (secondary N) is 9. The standard InChI is InChI=1S/C53H60N6O15.C46H53FN4O14/c1-34-19-20-40(59(72)73)31-43(34)51(68)56-45(28-37-16-9-4-10-17-37)46(63)30-39(27-36-14-7-3-8-15-36)50(67)55-32-42(62)18-11-25-54-49(66)38(26-35-12-5-2-6-13-35)29-41(61)21-22-44(52(69)70)57-53(71)58-47(74-33-60)23-24-48(64)65;47-34-15-13-32(14-16-34)39(55)26-33(24-30-8-3-1-4-9-30)44(60)49-38(25-31-10-5-2-6-11-31)40(56)27-36(64-28-52)18-20-41(57)48-23-7-12-35(54)17-19-37(45(61)62)50-46(63)51-42(65-29-53)21-22-43(58)59/h2-10,12-17,19-20,31,33,38-39,44-45,47H,11,18,21-30,32H2,1H3,(H,54,66)(H,55,67)(H,56,68)(H,64,65)(H,69,70)(H2,57,58,71);1-6,8-11,13-16,28-29,33,36-38,42H,7,12,17-27H2,(H,48,57)(H,49,60)(H,58,59)(H,61,62)(H2,50,51,63)/t38-,39-,44+,45+,47-;33?,36-,37-,38?,42+/m10/s1/i;47-1. The van der Waals surface area contributed by atoms with Gasteiger partial charge in [0.1, 0.15) is 35.6 Å². The second-order valence-electron chi connectivity index (χ2n) is 32.5. The summed E-state index contributed by atoms with van der Waals surface area (Å²) in [6.45, 7) is 1.44. The summed E-state index contributed by atoms with van der Waals surface area (Å²) < 4.78 is 28.0. The number of benzene rings is 7. The zero-order valence-electron chi connectivity index (χ0n) is 76.2. The van der Waals surface area contributed by atoms with Crippen LogP contribution in [0.4, 0.5) is 19.7 Å². The van der Waals surface area contributed by atoms with Crippen LogP contribution in [-0.2, 0) is 123 Å². The molecule has 139 heavy (non-hydrogen) atoms. The number of amides is 9. The summed E-state index contributed by atoms with van der Waals surface area (Å²) in [5.74, 6) is -14.1. The van der Waals surface area contributed by atoms with Crippen LogP contribution in [0, 0.1) is 40.6 Å². The van der Waals surface area contributed by atoms with Crippen molar-refractivity contribution in [1.29, 1.82) is 0 Å². The number of hydrogen-bond donors (Lipinski definition) is 13. The molecule has 13 N–H and O–H groups in total. The number of Topliss-reactive ketones (excluding diaryl/α,β-unsaturated/α-hetero) is 6. The minimum Gasteiger partial charge on any atom is -0.481 e. The molecule has 0 saturated heterocycles. The minimum atomic E-state index is -1.58. The number of ether oxygens (including phenoxy) is 3. The average Bonchev–Trinajstić information content (AvgIpc) is 0.830. The van der Waals surface area contributed by atoms with Gasteiger partial charge in [0.25, 0.3) is 31.0 Å². The molecule has 9 amide bonds. The first-order chi connectivity index (χ1) is 66.6. The van der Waals surface area contributed by atoms with Crippen molar-refractivity contribution in [3.63, 3.8) is 0 Å². The largest absolute Gasteiger partial charge is 0.481 e. The van der Waals surface area contributed by atoms with Gasteiger partial charge in [0, 0.05) is 125 Å². The number of halogens is 1. The fourth-order valence-corrected chi connectivity index (χ4v) is 14.4. The molecule has 0 aromatic heterocycles. The van der Waals surface area contributed by atoms with Crippen LogP contribution >= 0.6 is 0 Å². The maximum atomic E-state index is 14.2.